The first-order valence-corrected chi connectivity index (χ1v) is 3.06. The van der Waals surface area contributed by atoms with Crippen LogP contribution < -0.4 is 0 Å². The predicted octanol–water partition coefficient (Wildman–Crippen LogP) is -0.779. The quantitative estimate of drug-likeness (QED) is 0.477. The highest BCUT2D eigenvalue weighted by Crippen LogP contribution is 2.15. The van der Waals surface area contributed by atoms with E-state index in [-0.39, 0.29) is 6.61 Å². The molecule has 0 saturated carbocycles. The van der Waals surface area contributed by atoms with E-state index in [2.05, 4.69) is 9.91 Å². The van der Waals surface area contributed by atoms with Gasteiger partial charge in [-0.1, -0.05) is 5.18 Å². The molecule has 0 aromatic heterocycles. The number of rotatable bonds is 1. The lowest BCUT2D eigenvalue weighted by atomic mass is 10.1. The zero-order chi connectivity index (χ0) is 7.56. The summed E-state index contributed by atoms with van der Waals surface area (Å²) in [5.41, 5.74) is 0. The first-order valence-electron chi connectivity index (χ1n) is 3.06. The fourth-order valence-electron chi connectivity index (χ4n) is 0.891. The van der Waals surface area contributed by atoms with Gasteiger partial charge in [-0.25, -0.2) is 0 Å². The van der Waals surface area contributed by atoms with Crippen molar-refractivity contribution in [3.8, 4) is 0 Å². The zero-order valence-corrected chi connectivity index (χ0v) is 5.30. The minimum atomic E-state index is -1.23. The molecule has 1 rings (SSSR count). The molecule has 58 valence electrons. The van der Waals surface area contributed by atoms with Gasteiger partial charge < -0.3 is 14.9 Å². The Morgan fingerprint density at radius 3 is 2.60 bits per heavy atom. The third-order valence-corrected chi connectivity index (χ3v) is 1.51. The highest BCUT2D eigenvalue weighted by Gasteiger charge is 2.32. The molecule has 0 aromatic carbocycles. The molecule has 0 spiro atoms. The number of ether oxygens (including phenoxy) is 1. The summed E-state index contributed by atoms with van der Waals surface area (Å²) < 4.78 is 4.65. The van der Waals surface area contributed by atoms with Gasteiger partial charge in [0.1, 0.15) is 0 Å². The minimum absolute atomic E-state index is 0.272. The van der Waals surface area contributed by atoms with Crippen LogP contribution in [0.3, 0.4) is 0 Å². The molecular formula is C5H9NO4. The number of hydrogen-bond donors (Lipinski definition) is 2. The van der Waals surface area contributed by atoms with E-state index in [0.717, 1.165) is 0 Å². The summed E-state index contributed by atoms with van der Waals surface area (Å²) in [5.74, 6) is 0. The molecule has 0 radical (unpaired) electrons. The van der Waals surface area contributed by atoms with Crippen LogP contribution >= 0.6 is 0 Å². The van der Waals surface area contributed by atoms with Gasteiger partial charge in [-0.15, -0.1) is 0 Å². The molecular weight excluding hydrogens is 138 g/mol. The van der Waals surface area contributed by atoms with E-state index in [4.69, 9.17) is 10.2 Å². The Bertz CT molecular complexity index is 119. The lowest BCUT2D eigenvalue weighted by Gasteiger charge is -2.26. The third kappa shape index (κ3) is 1.31. The second-order valence-electron chi connectivity index (χ2n) is 2.21. The Morgan fingerprint density at radius 1 is 1.50 bits per heavy atom. The standard InChI is InChI=1S/C5H9NO4/c7-3-1-2-10-5(8)4(3)6-9/h3-5,7-8H,1-2H2/t3-,4-,5-/m1/s1. The number of nitroso groups, excluding NO2 is 1. The molecule has 1 aliphatic heterocycles. The zero-order valence-electron chi connectivity index (χ0n) is 5.30. The van der Waals surface area contributed by atoms with Crippen molar-refractivity contribution >= 4 is 0 Å². The van der Waals surface area contributed by atoms with Crippen LogP contribution in [0.2, 0.25) is 0 Å². The number of nitrogens with zero attached hydrogens (tertiary/aromatic N) is 1. The number of aliphatic hydroxyl groups excluding tert-OH is 2. The van der Waals surface area contributed by atoms with Gasteiger partial charge in [0.15, 0.2) is 12.3 Å². The molecule has 0 unspecified atom stereocenters. The van der Waals surface area contributed by atoms with Crippen molar-refractivity contribution in [1.82, 2.24) is 0 Å². The van der Waals surface area contributed by atoms with Gasteiger partial charge in [0.05, 0.1) is 12.7 Å². The molecule has 1 fully saturated rings. The smallest absolute Gasteiger partial charge is 0.183 e. The van der Waals surface area contributed by atoms with E-state index < -0.39 is 18.4 Å². The summed E-state index contributed by atoms with van der Waals surface area (Å²) in [7, 11) is 0. The molecule has 1 heterocycles. The molecule has 0 aromatic rings. The van der Waals surface area contributed by atoms with E-state index in [1.807, 2.05) is 0 Å². The Morgan fingerprint density at radius 2 is 2.20 bits per heavy atom. The van der Waals surface area contributed by atoms with Crippen LogP contribution in [0.25, 0.3) is 0 Å². The van der Waals surface area contributed by atoms with Crippen LogP contribution in [0.5, 0.6) is 0 Å². The van der Waals surface area contributed by atoms with Gasteiger partial charge in [0.25, 0.3) is 0 Å². The second-order valence-corrected chi connectivity index (χ2v) is 2.21. The Balaban J connectivity index is 2.53. The summed E-state index contributed by atoms with van der Waals surface area (Å²) in [5, 5.41) is 20.4. The lowest BCUT2D eigenvalue weighted by Crippen LogP contribution is -2.42. The molecule has 5 nitrogen and oxygen atoms in total. The average Bonchev–Trinajstić information content (AvgIpc) is 1.88. The lowest BCUT2D eigenvalue weighted by molar-refractivity contribution is -0.165. The fraction of sp³-hybridized carbons (Fsp3) is 1.00. The van der Waals surface area contributed by atoms with Crippen molar-refractivity contribution in [2.45, 2.75) is 24.9 Å². The van der Waals surface area contributed by atoms with Crippen LogP contribution in [0, 0.1) is 4.91 Å². The summed E-state index contributed by atoms with van der Waals surface area (Å²) in [4.78, 5) is 9.93. The van der Waals surface area contributed by atoms with Gasteiger partial charge >= 0.3 is 0 Å². The minimum Gasteiger partial charge on any atom is -0.390 e. The number of aliphatic hydroxyl groups is 2. The van der Waals surface area contributed by atoms with Crippen molar-refractivity contribution in [3.63, 3.8) is 0 Å². The molecule has 1 saturated heterocycles. The predicted molar refractivity (Wildman–Crippen MR) is 32.2 cm³/mol. The Labute approximate surface area is 57.6 Å². The van der Waals surface area contributed by atoms with Crippen molar-refractivity contribution < 1.29 is 14.9 Å². The van der Waals surface area contributed by atoms with Crippen molar-refractivity contribution in [2.24, 2.45) is 5.18 Å². The highest BCUT2D eigenvalue weighted by atomic mass is 16.6. The molecule has 3 atom stereocenters. The molecule has 10 heavy (non-hydrogen) atoms. The van der Waals surface area contributed by atoms with Crippen LogP contribution in [-0.4, -0.2) is 35.3 Å². The van der Waals surface area contributed by atoms with Crippen molar-refractivity contribution in [2.75, 3.05) is 6.61 Å². The maximum absolute atomic E-state index is 9.93. The normalized spacial score (nSPS) is 41.2. The van der Waals surface area contributed by atoms with Gasteiger partial charge in [0, 0.05) is 0 Å². The van der Waals surface area contributed by atoms with Crippen LogP contribution in [0.15, 0.2) is 5.18 Å². The maximum atomic E-state index is 9.93. The van der Waals surface area contributed by atoms with E-state index in [0.29, 0.717) is 6.42 Å². The molecule has 0 amide bonds. The fourth-order valence-corrected chi connectivity index (χ4v) is 0.891. The molecule has 2 N–H and O–H groups in total. The maximum Gasteiger partial charge on any atom is 0.183 e. The first kappa shape index (κ1) is 7.59. The van der Waals surface area contributed by atoms with Crippen LogP contribution in [0.1, 0.15) is 6.42 Å². The summed E-state index contributed by atoms with van der Waals surface area (Å²) in [6, 6.07) is -1.02. The van der Waals surface area contributed by atoms with Gasteiger partial charge in [-0.3, -0.25) is 0 Å². The molecule has 0 bridgehead atoms. The third-order valence-electron chi connectivity index (χ3n) is 1.51. The Kier molecular flexibility index (Phi) is 2.31. The van der Waals surface area contributed by atoms with Crippen LogP contribution in [0.4, 0.5) is 0 Å². The van der Waals surface area contributed by atoms with Crippen molar-refractivity contribution in [1.29, 1.82) is 0 Å². The largest absolute Gasteiger partial charge is 0.390 e. The second kappa shape index (κ2) is 3.05. The summed E-state index contributed by atoms with van der Waals surface area (Å²) in [6.07, 6.45) is -1.74. The topological polar surface area (TPSA) is 79.1 Å². The molecule has 0 aliphatic carbocycles. The van der Waals surface area contributed by atoms with E-state index in [9.17, 15) is 4.91 Å². The van der Waals surface area contributed by atoms with Crippen molar-refractivity contribution in [3.05, 3.63) is 4.91 Å². The van der Waals surface area contributed by atoms with Crippen LogP contribution in [-0.2, 0) is 4.74 Å². The SMILES string of the molecule is O=N[C@@H]1[C@H](O)CCO[C@H]1O. The summed E-state index contributed by atoms with van der Waals surface area (Å²) >= 11 is 0. The average molecular weight is 147 g/mol. The molecule has 5 heteroatoms. The molecule has 1 aliphatic rings. The highest BCUT2D eigenvalue weighted by molar-refractivity contribution is 4.80. The van der Waals surface area contributed by atoms with E-state index in [1.54, 1.807) is 0 Å². The first-order chi connectivity index (χ1) is 4.75. The van der Waals surface area contributed by atoms with E-state index in [1.165, 1.54) is 0 Å². The van der Waals surface area contributed by atoms with Gasteiger partial charge in [-0.05, 0) is 6.42 Å². The number of hydrogen-bond acceptors (Lipinski definition) is 5. The monoisotopic (exact) mass is 147 g/mol. The Hall–Kier alpha value is -0.520. The summed E-state index contributed by atoms with van der Waals surface area (Å²) in [6.45, 7) is 0.272. The van der Waals surface area contributed by atoms with Gasteiger partial charge in [-0.2, -0.15) is 4.91 Å². The van der Waals surface area contributed by atoms with Gasteiger partial charge in [0.2, 0.25) is 0 Å². The van der Waals surface area contributed by atoms with E-state index >= 15 is 0 Å².